The second kappa shape index (κ2) is 8.08. The van der Waals surface area contributed by atoms with Gasteiger partial charge in [0.2, 0.25) is 0 Å². The average Bonchev–Trinajstić information content (AvgIpc) is 2.68. The number of pyridine rings is 1. The number of nitrogens with two attached hydrogens (primary N) is 1. The smallest absolute Gasteiger partial charge is 0.274 e. The van der Waals surface area contributed by atoms with Gasteiger partial charge in [-0.25, -0.2) is 18.2 Å². The number of halogens is 3. The van der Waals surface area contributed by atoms with Crippen molar-refractivity contribution in [3.05, 3.63) is 53.1 Å². The van der Waals surface area contributed by atoms with Crippen LogP contribution in [0.25, 0.3) is 0 Å². The Bertz CT molecular complexity index is 1070. The van der Waals surface area contributed by atoms with Gasteiger partial charge in [-0.1, -0.05) is 0 Å². The fourth-order valence-electron chi connectivity index (χ4n) is 2.97. The first-order valence-corrected chi connectivity index (χ1v) is 8.38. The van der Waals surface area contributed by atoms with Crippen LogP contribution in [0.15, 0.2) is 35.5 Å². The third-order valence-corrected chi connectivity index (χ3v) is 4.35. The average molecular weight is 411 g/mol. The molecule has 1 atom stereocenters. The lowest BCUT2D eigenvalue weighted by molar-refractivity contribution is -0.0145. The molecule has 10 heteroatoms. The predicted octanol–water partition coefficient (Wildman–Crippen LogP) is 2.64. The first kappa shape index (κ1) is 16.8. The molecule has 0 radical (unpaired) electrons. The van der Waals surface area contributed by atoms with Gasteiger partial charge >= 0.3 is 0 Å². The Hall–Kier alpha value is -3.14. The summed E-state index contributed by atoms with van der Waals surface area (Å²) in [5.41, 5.74) is 2.94. The molecule has 1 aliphatic heterocycles. The number of aromatic nitrogens is 1. The number of anilines is 1. The summed E-state index contributed by atoms with van der Waals surface area (Å²) in [4.78, 5) is 20.3. The molecule has 0 bridgehead atoms. The molecule has 1 aliphatic rings. The van der Waals surface area contributed by atoms with Crippen molar-refractivity contribution in [1.29, 1.82) is 0 Å². The second-order valence-corrected chi connectivity index (χ2v) is 6.41. The van der Waals surface area contributed by atoms with Gasteiger partial charge in [-0.05, 0) is 36.8 Å². The van der Waals surface area contributed by atoms with Crippen LogP contribution in [0.2, 0.25) is 0 Å². The number of hydrogen-bond acceptors (Lipinski definition) is 6. The Morgan fingerprint density at radius 3 is 2.90 bits per heavy atom. The highest BCUT2D eigenvalue weighted by atomic mass is 19.3. The maximum absolute atomic E-state index is 14.5. The Labute approximate surface area is 169 Å². The maximum Gasteiger partial charge on any atom is 0.274 e. The lowest BCUT2D eigenvalue weighted by Gasteiger charge is -2.33. The minimum absolute atomic E-state index is 0.00906. The number of amides is 1. The number of alkyl halides is 2. The molecule has 0 saturated heterocycles. The molecular formula is C19H19F3N4O3. The zero-order chi connectivity index (χ0) is 23.7. The van der Waals surface area contributed by atoms with Crippen LogP contribution in [0.3, 0.4) is 0 Å². The molecule has 0 spiro atoms. The van der Waals surface area contributed by atoms with Crippen LogP contribution in [0, 0.1) is 12.7 Å². The van der Waals surface area contributed by atoms with Crippen molar-refractivity contribution in [1.82, 2.24) is 4.98 Å². The molecule has 3 N–H and O–H groups in total. The van der Waals surface area contributed by atoms with Crippen LogP contribution >= 0.6 is 0 Å². The molecule has 29 heavy (non-hydrogen) atoms. The highest BCUT2D eigenvalue weighted by Gasteiger charge is 2.46. The van der Waals surface area contributed by atoms with Gasteiger partial charge in [-0.3, -0.25) is 9.79 Å². The standard InChI is InChI=1S/C19H19F3N4O3/c1-10-5-12(28-2)7-24-16(10)17(27)25-11-3-4-14(20)13(6-11)19(18(21)22)9-29-8-15(23)26-19/h3-7,18H,8-9H2,1-2H3,(H2,23,26)(H,25,27)/i2D3. The highest BCUT2D eigenvalue weighted by molar-refractivity contribution is 6.03. The van der Waals surface area contributed by atoms with E-state index < -0.39 is 42.9 Å². The zero-order valence-electron chi connectivity index (χ0n) is 18.2. The van der Waals surface area contributed by atoms with Crippen molar-refractivity contribution in [2.45, 2.75) is 18.9 Å². The molecule has 1 unspecified atom stereocenters. The summed E-state index contributed by atoms with van der Waals surface area (Å²) in [6.45, 7) is 0.761. The van der Waals surface area contributed by atoms with E-state index in [1.165, 1.54) is 19.1 Å². The summed E-state index contributed by atoms with van der Waals surface area (Å²) in [7, 11) is -2.68. The topological polar surface area (TPSA) is 98.8 Å². The van der Waals surface area contributed by atoms with Gasteiger partial charge in [0.1, 0.15) is 29.7 Å². The third kappa shape index (κ3) is 4.02. The van der Waals surface area contributed by atoms with E-state index in [1.54, 1.807) is 0 Å². The van der Waals surface area contributed by atoms with Gasteiger partial charge < -0.3 is 20.5 Å². The fourth-order valence-corrected chi connectivity index (χ4v) is 2.97. The second-order valence-electron chi connectivity index (χ2n) is 6.41. The van der Waals surface area contributed by atoms with Crippen molar-refractivity contribution in [3.8, 4) is 5.75 Å². The van der Waals surface area contributed by atoms with Gasteiger partial charge in [-0.2, -0.15) is 0 Å². The summed E-state index contributed by atoms with van der Waals surface area (Å²) in [5, 5.41) is 2.46. The van der Waals surface area contributed by atoms with E-state index in [-0.39, 0.29) is 29.6 Å². The number of carbonyl (C=O) groups excluding carboxylic acids is 1. The van der Waals surface area contributed by atoms with E-state index in [0.29, 0.717) is 5.56 Å². The summed E-state index contributed by atoms with van der Waals surface area (Å²) in [6.07, 6.45) is -2.07. The van der Waals surface area contributed by atoms with Crippen LogP contribution in [-0.4, -0.2) is 43.4 Å². The molecule has 0 aliphatic carbocycles. The number of carbonyl (C=O) groups is 1. The van der Waals surface area contributed by atoms with Crippen molar-refractivity contribution < 1.29 is 31.6 Å². The SMILES string of the molecule is [2H]C([2H])([2H])Oc1cnc(C(=O)Nc2ccc(F)c(C3(C(F)F)COCC(N)=N3)c2)c(C)c1. The minimum Gasteiger partial charge on any atom is -0.495 e. The molecule has 154 valence electrons. The lowest BCUT2D eigenvalue weighted by Crippen LogP contribution is -2.45. The first-order valence-electron chi connectivity index (χ1n) is 9.88. The first-order chi connectivity index (χ1) is 14.9. The molecular weight excluding hydrogens is 389 g/mol. The quantitative estimate of drug-likeness (QED) is 0.788. The molecule has 7 nitrogen and oxygen atoms in total. The molecule has 0 saturated carbocycles. The Morgan fingerprint density at radius 2 is 2.24 bits per heavy atom. The van der Waals surface area contributed by atoms with E-state index in [4.69, 9.17) is 19.3 Å². The summed E-state index contributed by atoms with van der Waals surface area (Å²) >= 11 is 0. The molecule has 1 aromatic heterocycles. The van der Waals surface area contributed by atoms with Crippen LogP contribution in [0.1, 0.15) is 25.7 Å². The number of aryl methyl sites for hydroxylation is 1. The van der Waals surface area contributed by atoms with Crippen molar-refractivity contribution in [3.63, 3.8) is 0 Å². The molecule has 3 rings (SSSR count). The number of aliphatic imine (C=N–C) groups is 1. The number of methoxy groups -OCH3 is 1. The van der Waals surface area contributed by atoms with Gasteiger partial charge in [0.05, 0.1) is 24.0 Å². The Kier molecular flexibility index (Phi) is 4.67. The highest BCUT2D eigenvalue weighted by Crippen LogP contribution is 2.38. The van der Waals surface area contributed by atoms with E-state index >= 15 is 0 Å². The molecule has 1 aromatic carbocycles. The van der Waals surface area contributed by atoms with E-state index in [2.05, 4.69) is 15.3 Å². The number of benzene rings is 1. The number of rotatable bonds is 5. The number of ether oxygens (including phenoxy) is 2. The van der Waals surface area contributed by atoms with Crippen molar-refractivity contribution in [2.24, 2.45) is 10.7 Å². The van der Waals surface area contributed by atoms with E-state index in [9.17, 15) is 18.0 Å². The van der Waals surface area contributed by atoms with E-state index in [1.807, 2.05) is 0 Å². The Balaban J connectivity index is 1.89. The van der Waals surface area contributed by atoms with Gasteiger partial charge in [0.25, 0.3) is 12.3 Å². The lowest BCUT2D eigenvalue weighted by atomic mass is 9.90. The number of nitrogens with zero attached hydrogens (tertiary/aromatic N) is 2. The normalized spacial score (nSPS) is 21.0. The number of hydrogen-bond donors (Lipinski definition) is 2. The van der Waals surface area contributed by atoms with Crippen molar-refractivity contribution in [2.75, 3.05) is 25.6 Å². The number of amidine groups is 1. The molecule has 2 aromatic rings. The van der Waals surface area contributed by atoms with Crippen LogP contribution in [0.4, 0.5) is 18.9 Å². The van der Waals surface area contributed by atoms with Crippen LogP contribution < -0.4 is 15.8 Å². The van der Waals surface area contributed by atoms with Crippen LogP contribution in [0.5, 0.6) is 5.75 Å². The summed E-state index contributed by atoms with van der Waals surface area (Å²) in [5.74, 6) is -1.96. The van der Waals surface area contributed by atoms with Gasteiger partial charge in [0, 0.05) is 11.3 Å². The Morgan fingerprint density at radius 1 is 1.45 bits per heavy atom. The van der Waals surface area contributed by atoms with Crippen LogP contribution in [-0.2, 0) is 10.3 Å². The largest absolute Gasteiger partial charge is 0.495 e. The molecule has 0 fully saturated rings. The number of nitrogens with one attached hydrogen (secondary N) is 1. The van der Waals surface area contributed by atoms with Gasteiger partial charge in [0.15, 0.2) is 5.54 Å². The van der Waals surface area contributed by atoms with Gasteiger partial charge in [-0.15, -0.1) is 0 Å². The summed E-state index contributed by atoms with van der Waals surface area (Å²) in [6, 6.07) is 4.45. The predicted molar refractivity (Wildman–Crippen MR) is 100 cm³/mol. The fraction of sp³-hybridized carbons (Fsp3) is 0.316. The minimum atomic E-state index is -3.13. The zero-order valence-corrected chi connectivity index (χ0v) is 15.2. The summed E-state index contributed by atoms with van der Waals surface area (Å²) < 4.78 is 73.5. The third-order valence-electron chi connectivity index (χ3n) is 4.35. The van der Waals surface area contributed by atoms with Crippen molar-refractivity contribution >= 4 is 17.4 Å². The maximum atomic E-state index is 14.5. The molecule has 2 heterocycles. The van der Waals surface area contributed by atoms with E-state index in [0.717, 1.165) is 18.3 Å². The molecule has 1 amide bonds. The monoisotopic (exact) mass is 411 g/mol.